The van der Waals surface area contributed by atoms with Gasteiger partial charge in [0.25, 0.3) is 0 Å². The smallest absolute Gasteiger partial charge is 0.240 e. The van der Waals surface area contributed by atoms with Gasteiger partial charge in [-0.15, -0.1) is 0 Å². The van der Waals surface area contributed by atoms with E-state index in [1.807, 2.05) is 6.07 Å². The normalized spacial score (nSPS) is 13.8. The number of fused-ring (bicyclic) bond motifs is 2. The van der Waals surface area contributed by atoms with Gasteiger partial charge in [-0.25, -0.2) is 9.97 Å². The van der Waals surface area contributed by atoms with Crippen LogP contribution in [0, 0.1) is 5.92 Å². The molecule has 1 aliphatic rings. The Balaban J connectivity index is 1.67. The second kappa shape index (κ2) is 6.58. The van der Waals surface area contributed by atoms with Gasteiger partial charge in [0.2, 0.25) is 5.88 Å². The number of nitrogens with zero attached hydrogens (tertiary/aromatic N) is 3. The maximum atomic E-state index is 13.1. The number of carbonyl (C=O) groups excluding carboxylic acids is 1. The summed E-state index contributed by atoms with van der Waals surface area (Å²) in [5.41, 5.74) is 3.04. The lowest BCUT2D eigenvalue weighted by molar-refractivity contribution is 0.0965. The van der Waals surface area contributed by atoms with Gasteiger partial charge in [-0.05, 0) is 43.2 Å². The van der Waals surface area contributed by atoms with E-state index in [-0.39, 0.29) is 28.7 Å². The van der Waals surface area contributed by atoms with E-state index >= 15 is 0 Å². The molecule has 3 aromatic heterocycles. The van der Waals surface area contributed by atoms with E-state index in [9.17, 15) is 20.1 Å². The number of phenolic OH excluding ortho intramolecular Hbond substituents is 1. The maximum Gasteiger partial charge on any atom is 0.240 e. The summed E-state index contributed by atoms with van der Waals surface area (Å²) >= 11 is 0. The number of carbonyl (C=O) groups is 1. The minimum absolute atomic E-state index is 0.00449. The number of nitrogens with one attached hydrogen (secondary N) is 1. The summed E-state index contributed by atoms with van der Waals surface area (Å²) in [6.07, 6.45) is 3.06. The number of hydrogen-bond donors (Lipinski definition) is 4. The molecule has 0 aliphatic heterocycles. The largest absolute Gasteiger partial charge is 0.506 e. The molecule has 0 saturated heterocycles. The molecule has 0 atom stereocenters. The average molecular weight is 426 g/mol. The molecule has 2 aromatic carbocycles. The Labute approximate surface area is 181 Å². The summed E-state index contributed by atoms with van der Waals surface area (Å²) in [5.74, 6) is -1.32. The Hall–Kier alpha value is -4.33. The van der Waals surface area contributed by atoms with Crippen LogP contribution in [-0.4, -0.2) is 40.6 Å². The van der Waals surface area contributed by atoms with Crippen LogP contribution in [-0.2, 0) is 0 Å². The summed E-state index contributed by atoms with van der Waals surface area (Å²) in [6.45, 7) is 0. The molecule has 3 heterocycles. The number of Topliss-reactive ketones (excluding diaryl/α,β-unsaturated/α-hetero) is 1. The molecule has 0 bridgehead atoms. The van der Waals surface area contributed by atoms with Crippen molar-refractivity contribution in [2.45, 2.75) is 12.8 Å². The van der Waals surface area contributed by atoms with Gasteiger partial charge in [-0.1, -0.05) is 18.2 Å². The number of pyridine rings is 1. The van der Waals surface area contributed by atoms with Crippen LogP contribution in [0.1, 0.15) is 23.2 Å². The van der Waals surface area contributed by atoms with Crippen molar-refractivity contribution < 1.29 is 20.1 Å². The van der Waals surface area contributed by atoms with Gasteiger partial charge in [0.05, 0.1) is 40.0 Å². The van der Waals surface area contributed by atoms with E-state index in [1.54, 1.807) is 42.7 Å². The van der Waals surface area contributed by atoms with E-state index in [2.05, 4.69) is 15.0 Å². The number of H-pyrrole nitrogens is 1. The number of phenols is 1. The third-order valence-electron chi connectivity index (χ3n) is 5.92. The van der Waals surface area contributed by atoms with Crippen molar-refractivity contribution in [2.24, 2.45) is 5.92 Å². The van der Waals surface area contributed by atoms with Gasteiger partial charge in [0.1, 0.15) is 11.3 Å². The first-order chi connectivity index (χ1) is 15.5. The fourth-order valence-corrected chi connectivity index (χ4v) is 4.15. The minimum atomic E-state index is -0.471. The van der Waals surface area contributed by atoms with Crippen molar-refractivity contribution in [3.8, 4) is 34.5 Å². The van der Waals surface area contributed by atoms with Crippen molar-refractivity contribution in [1.82, 2.24) is 19.5 Å². The molecule has 6 rings (SSSR count). The first-order valence-corrected chi connectivity index (χ1v) is 10.3. The van der Waals surface area contributed by atoms with Gasteiger partial charge in [0, 0.05) is 11.3 Å². The Kier molecular flexibility index (Phi) is 3.79. The van der Waals surface area contributed by atoms with Crippen LogP contribution in [0.2, 0.25) is 0 Å². The summed E-state index contributed by atoms with van der Waals surface area (Å²) in [5, 5.41) is 32.8. The third kappa shape index (κ3) is 2.66. The molecule has 5 aromatic rings. The first-order valence-electron chi connectivity index (χ1n) is 10.3. The highest BCUT2D eigenvalue weighted by Gasteiger charge is 2.38. The topological polar surface area (TPSA) is 124 Å². The Morgan fingerprint density at radius 3 is 2.72 bits per heavy atom. The lowest BCUT2D eigenvalue weighted by Gasteiger charge is -2.12. The number of benzene rings is 2. The zero-order valence-electron chi connectivity index (χ0n) is 16.8. The maximum absolute atomic E-state index is 13.1. The van der Waals surface area contributed by atoms with Gasteiger partial charge >= 0.3 is 0 Å². The highest BCUT2D eigenvalue weighted by molar-refractivity contribution is 6.08. The third-order valence-corrected chi connectivity index (χ3v) is 5.92. The van der Waals surface area contributed by atoms with Gasteiger partial charge in [-0.3, -0.25) is 9.36 Å². The van der Waals surface area contributed by atoms with E-state index < -0.39 is 11.6 Å². The highest BCUT2D eigenvalue weighted by Crippen LogP contribution is 2.46. The molecule has 1 saturated carbocycles. The van der Waals surface area contributed by atoms with Crippen LogP contribution in [0.15, 0.2) is 54.9 Å². The molecular weight excluding hydrogens is 408 g/mol. The van der Waals surface area contributed by atoms with Gasteiger partial charge in [-0.2, -0.15) is 0 Å². The van der Waals surface area contributed by atoms with Gasteiger partial charge < -0.3 is 20.3 Å². The number of aromatic hydroxyl groups is 3. The predicted molar refractivity (Wildman–Crippen MR) is 118 cm³/mol. The van der Waals surface area contributed by atoms with Crippen LogP contribution in [0.4, 0.5) is 0 Å². The fourth-order valence-electron chi connectivity index (χ4n) is 4.15. The number of para-hydroxylation sites is 1. The molecule has 0 unspecified atom stereocenters. The fraction of sp³-hybridized carbons (Fsp3) is 0.125. The SMILES string of the molecule is O=C(c1c(O)c(O)n(-c2ccc3nc[nH]c3c2)c1-c1ccc2cccc(O)c2n1)C1CC1. The lowest BCUT2D eigenvalue weighted by Crippen LogP contribution is -2.06. The van der Waals surface area contributed by atoms with Crippen molar-refractivity contribution >= 4 is 27.7 Å². The molecule has 0 amide bonds. The van der Waals surface area contributed by atoms with E-state index in [0.29, 0.717) is 16.9 Å². The average Bonchev–Trinajstić information content (AvgIpc) is 3.49. The number of hydrogen-bond acceptors (Lipinski definition) is 6. The van der Waals surface area contributed by atoms with Crippen LogP contribution in [0.3, 0.4) is 0 Å². The van der Waals surface area contributed by atoms with Crippen LogP contribution in [0.5, 0.6) is 17.4 Å². The van der Waals surface area contributed by atoms with Crippen molar-refractivity contribution in [2.75, 3.05) is 0 Å². The molecule has 8 nitrogen and oxygen atoms in total. The zero-order valence-corrected chi connectivity index (χ0v) is 16.8. The summed E-state index contributed by atoms with van der Waals surface area (Å²) < 4.78 is 1.42. The molecule has 4 N–H and O–H groups in total. The second-order valence-corrected chi connectivity index (χ2v) is 8.02. The zero-order chi connectivity index (χ0) is 22.0. The Morgan fingerprint density at radius 1 is 1.06 bits per heavy atom. The van der Waals surface area contributed by atoms with Crippen molar-refractivity contribution in [1.29, 1.82) is 0 Å². The van der Waals surface area contributed by atoms with Crippen LogP contribution >= 0.6 is 0 Å². The van der Waals surface area contributed by atoms with E-state index in [4.69, 9.17) is 0 Å². The molecule has 32 heavy (non-hydrogen) atoms. The van der Waals surface area contributed by atoms with E-state index in [0.717, 1.165) is 29.3 Å². The molecule has 8 heteroatoms. The number of aromatic nitrogens is 4. The molecule has 0 spiro atoms. The monoisotopic (exact) mass is 426 g/mol. The standard InChI is InChI=1S/C24H18N4O4/c29-18-3-1-2-12-6-8-16(27-20(12)18)21-19(22(30)13-4-5-13)23(31)24(32)28(21)14-7-9-15-17(10-14)26-11-25-15/h1-3,6-11,13,29,31-32H,4-5H2,(H,25,26). The van der Waals surface area contributed by atoms with Crippen molar-refractivity contribution in [3.63, 3.8) is 0 Å². The number of aromatic amines is 1. The summed E-state index contributed by atoms with van der Waals surface area (Å²) in [6, 6.07) is 13.9. The van der Waals surface area contributed by atoms with E-state index in [1.165, 1.54) is 10.6 Å². The highest BCUT2D eigenvalue weighted by atomic mass is 16.3. The molecule has 1 fully saturated rings. The lowest BCUT2D eigenvalue weighted by atomic mass is 10.0. The molecular formula is C24H18N4O4. The van der Waals surface area contributed by atoms with Crippen molar-refractivity contribution in [3.05, 3.63) is 60.4 Å². The number of imidazole rings is 1. The van der Waals surface area contributed by atoms with Gasteiger partial charge in [0.15, 0.2) is 11.5 Å². The first kappa shape index (κ1) is 18.4. The Morgan fingerprint density at radius 2 is 1.91 bits per heavy atom. The Bertz CT molecular complexity index is 1540. The second-order valence-electron chi connectivity index (χ2n) is 8.02. The minimum Gasteiger partial charge on any atom is -0.506 e. The molecule has 0 radical (unpaired) electrons. The molecule has 158 valence electrons. The summed E-state index contributed by atoms with van der Waals surface area (Å²) in [7, 11) is 0. The molecule has 1 aliphatic carbocycles. The van der Waals surface area contributed by atoms with Crippen LogP contribution in [0.25, 0.3) is 39.0 Å². The van der Waals surface area contributed by atoms with Crippen LogP contribution < -0.4 is 0 Å². The quantitative estimate of drug-likeness (QED) is 0.318. The number of ketones is 1. The predicted octanol–water partition coefficient (Wildman–Crippen LogP) is 4.28. The summed E-state index contributed by atoms with van der Waals surface area (Å²) in [4.78, 5) is 25.0. The number of rotatable bonds is 4.